The number of carbonyl (C=O) groups excluding carboxylic acids is 1. The van der Waals surface area contributed by atoms with E-state index in [4.69, 9.17) is 9.47 Å². The number of fused-ring (bicyclic) bond motifs is 1. The molecule has 1 atom stereocenters. The lowest BCUT2D eigenvalue weighted by Crippen LogP contribution is -2.54. The molecule has 3 aliphatic heterocycles. The van der Waals surface area contributed by atoms with E-state index in [0.717, 1.165) is 74.4 Å². The fourth-order valence-corrected chi connectivity index (χ4v) is 7.83. The van der Waals surface area contributed by atoms with Gasteiger partial charge < -0.3 is 14.4 Å². The van der Waals surface area contributed by atoms with Crippen LogP contribution in [0.15, 0.2) is 70.5 Å². The van der Waals surface area contributed by atoms with Gasteiger partial charge in [-0.2, -0.15) is 0 Å². The van der Waals surface area contributed by atoms with Gasteiger partial charge in [0.15, 0.2) is 11.5 Å². The number of nitrogens with zero attached hydrogens (tertiary/aromatic N) is 3. The molecule has 3 heterocycles. The van der Waals surface area contributed by atoms with Gasteiger partial charge in [-0.05, 0) is 74.6 Å². The summed E-state index contributed by atoms with van der Waals surface area (Å²) >= 11 is 0. The van der Waals surface area contributed by atoms with Gasteiger partial charge in [0.1, 0.15) is 0 Å². The number of amides is 1. The molecule has 6 rings (SSSR count). The van der Waals surface area contributed by atoms with Crippen molar-refractivity contribution < 1.29 is 22.7 Å². The maximum absolute atomic E-state index is 13.2. The fraction of sp³-hybridized carbons (Fsp3) is 0.424. The van der Waals surface area contributed by atoms with E-state index in [-0.39, 0.29) is 28.5 Å². The smallest absolute Gasteiger partial charge is 0.254 e. The average molecular weight is 590 g/mol. The average Bonchev–Trinajstić information content (AvgIpc) is 3.49. The van der Waals surface area contributed by atoms with Crippen LogP contribution in [0.1, 0.15) is 52.9 Å². The minimum atomic E-state index is -3.66. The summed E-state index contributed by atoms with van der Waals surface area (Å²) in [5, 5.41) is 0. The minimum Gasteiger partial charge on any atom is -0.454 e. The molecule has 0 N–H and O–H groups in total. The van der Waals surface area contributed by atoms with E-state index in [9.17, 15) is 13.2 Å². The first-order valence-electron chi connectivity index (χ1n) is 14.8. The highest BCUT2D eigenvalue weighted by molar-refractivity contribution is 7.91. The highest BCUT2D eigenvalue weighted by Crippen LogP contribution is 2.36. The van der Waals surface area contributed by atoms with Gasteiger partial charge in [0.25, 0.3) is 5.91 Å². The summed E-state index contributed by atoms with van der Waals surface area (Å²) in [6.45, 7) is 11.8. The molecule has 0 unspecified atom stereocenters. The summed E-state index contributed by atoms with van der Waals surface area (Å²) in [6.07, 6.45) is 2.01. The molecule has 0 bridgehead atoms. The molecule has 1 amide bonds. The normalized spacial score (nSPS) is 19.2. The molecule has 3 aromatic rings. The van der Waals surface area contributed by atoms with Gasteiger partial charge in [-0.3, -0.25) is 14.6 Å². The summed E-state index contributed by atoms with van der Waals surface area (Å²) in [5.74, 6) is 1.18. The molecular weight excluding hydrogens is 550 g/mol. The van der Waals surface area contributed by atoms with E-state index in [1.165, 1.54) is 6.07 Å². The number of aryl methyl sites for hydroxylation is 2. The van der Waals surface area contributed by atoms with Gasteiger partial charge >= 0.3 is 0 Å². The monoisotopic (exact) mass is 589 g/mol. The molecular formula is C33H39N3O5S. The van der Waals surface area contributed by atoms with E-state index in [1.54, 1.807) is 24.3 Å². The molecule has 2 fully saturated rings. The summed E-state index contributed by atoms with van der Waals surface area (Å²) in [7, 11) is -3.66. The van der Waals surface area contributed by atoms with Crippen molar-refractivity contribution in [1.82, 2.24) is 14.7 Å². The van der Waals surface area contributed by atoms with Crippen molar-refractivity contribution in [2.45, 2.75) is 55.5 Å². The molecule has 0 saturated carbocycles. The second kappa shape index (κ2) is 11.7. The molecule has 0 radical (unpaired) electrons. The number of sulfone groups is 1. The Labute approximate surface area is 248 Å². The molecule has 3 aliphatic rings. The maximum atomic E-state index is 13.2. The maximum Gasteiger partial charge on any atom is 0.254 e. The minimum absolute atomic E-state index is 0.105. The Morgan fingerprint density at radius 1 is 0.810 bits per heavy atom. The van der Waals surface area contributed by atoms with Crippen LogP contribution >= 0.6 is 0 Å². The zero-order chi connectivity index (χ0) is 29.4. The summed E-state index contributed by atoms with van der Waals surface area (Å²) in [5.41, 5.74) is 4.06. The second-order valence-corrected chi connectivity index (χ2v) is 13.6. The Morgan fingerprint density at radius 2 is 1.43 bits per heavy atom. The predicted octanol–water partition coefficient (Wildman–Crippen LogP) is 4.85. The number of piperazine rings is 1. The molecule has 3 aromatic carbocycles. The van der Waals surface area contributed by atoms with Crippen LogP contribution in [0.2, 0.25) is 0 Å². The molecule has 9 heteroatoms. The molecule has 8 nitrogen and oxygen atoms in total. The van der Waals surface area contributed by atoms with Crippen molar-refractivity contribution in [3.63, 3.8) is 0 Å². The van der Waals surface area contributed by atoms with Crippen molar-refractivity contribution in [2.75, 3.05) is 46.1 Å². The van der Waals surface area contributed by atoms with Crippen LogP contribution in [-0.2, 0) is 9.84 Å². The van der Waals surface area contributed by atoms with Crippen LogP contribution in [0.3, 0.4) is 0 Å². The summed E-state index contributed by atoms with van der Waals surface area (Å²) < 4.78 is 37.1. The Balaban J connectivity index is 1.02. The van der Waals surface area contributed by atoms with Gasteiger partial charge in [-0.25, -0.2) is 8.42 Å². The lowest BCUT2D eigenvalue weighted by molar-refractivity contribution is 0.0399. The lowest BCUT2D eigenvalue weighted by Gasteiger charge is -2.44. The highest BCUT2D eigenvalue weighted by atomic mass is 32.2. The molecule has 2 saturated heterocycles. The topological polar surface area (TPSA) is 79.4 Å². The Bertz CT molecular complexity index is 1540. The van der Waals surface area contributed by atoms with Gasteiger partial charge in [0.05, 0.1) is 9.79 Å². The van der Waals surface area contributed by atoms with E-state index in [1.807, 2.05) is 49.1 Å². The van der Waals surface area contributed by atoms with Crippen LogP contribution in [0, 0.1) is 13.8 Å². The fourth-order valence-electron chi connectivity index (χ4n) is 6.55. The summed E-state index contributed by atoms with van der Waals surface area (Å²) in [4.78, 5) is 20.8. The quantitative estimate of drug-likeness (QED) is 0.407. The third-order valence-corrected chi connectivity index (χ3v) is 11.0. The Kier molecular flexibility index (Phi) is 8.00. The first-order valence-corrected chi connectivity index (χ1v) is 16.3. The van der Waals surface area contributed by atoms with E-state index >= 15 is 0 Å². The van der Waals surface area contributed by atoms with Gasteiger partial charge in [-0.15, -0.1) is 0 Å². The van der Waals surface area contributed by atoms with E-state index < -0.39 is 9.84 Å². The van der Waals surface area contributed by atoms with Crippen molar-refractivity contribution in [3.05, 3.63) is 82.9 Å². The number of ether oxygens (including phenoxy) is 2. The van der Waals surface area contributed by atoms with Crippen molar-refractivity contribution in [1.29, 1.82) is 0 Å². The molecule has 0 aliphatic carbocycles. The Hall–Kier alpha value is -3.40. The third-order valence-electron chi connectivity index (χ3n) is 9.19. The number of benzene rings is 3. The van der Waals surface area contributed by atoms with Crippen LogP contribution < -0.4 is 9.47 Å². The van der Waals surface area contributed by atoms with Crippen molar-refractivity contribution in [2.24, 2.45) is 0 Å². The summed E-state index contributed by atoms with van der Waals surface area (Å²) in [6, 6.07) is 18.7. The van der Waals surface area contributed by atoms with Gasteiger partial charge in [0, 0.05) is 63.0 Å². The van der Waals surface area contributed by atoms with Crippen molar-refractivity contribution in [3.8, 4) is 11.5 Å². The SMILES string of the molecule is Cc1cccc(C)c1C(=O)N1CCC(N2CCN([C@@H](C)c3ccc(S(=O)(=O)c4ccc5c(c4)OCO5)cc3)CC2)CC1. The standard InChI is InChI=1S/C33H39N3O5S/c1-23-5-4-6-24(2)32(23)33(37)36-15-13-27(14-16-36)35-19-17-34(18-20-35)25(3)26-7-9-28(10-8-26)42(38,39)29-11-12-30-31(21-29)41-22-40-30/h4-12,21,25,27H,13-20,22H2,1-3H3/t25-/m0/s1. The largest absolute Gasteiger partial charge is 0.454 e. The van der Waals surface area contributed by atoms with E-state index in [2.05, 4.69) is 16.7 Å². The molecule has 0 spiro atoms. The molecule has 222 valence electrons. The van der Waals surface area contributed by atoms with Crippen molar-refractivity contribution >= 4 is 15.7 Å². The van der Waals surface area contributed by atoms with Crippen LogP contribution in [0.25, 0.3) is 0 Å². The predicted molar refractivity (Wildman–Crippen MR) is 161 cm³/mol. The number of piperidine rings is 1. The molecule has 0 aromatic heterocycles. The van der Waals surface area contributed by atoms with Gasteiger partial charge in [-0.1, -0.05) is 30.3 Å². The van der Waals surface area contributed by atoms with Crippen LogP contribution in [0.4, 0.5) is 0 Å². The van der Waals surface area contributed by atoms with E-state index in [0.29, 0.717) is 17.5 Å². The number of likely N-dealkylation sites (tertiary alicyclic amines) is 1. The highest BCUT2D eigenvalue weighted by Gasteiger charge is 2.31. The lowest BCUT2D eigenvalue weighted by atomic mass is 9.98. The molecule has 42 heavy (non-hydrogen) atoms. The zero-order valence-electron chi connectivity index (χ0n) is 24.6. The Morgan fingerprint density at radius 3 is 2.10 bits per heavy atom. The van der Waals surface area contributed by atoms with Crippen LogP contribution in [-0.4, -0.2) is 81.1 Å². The van der Waals surface area contributed by atoms with Crippen LogP contribution in [0.5, 0.6) is 11.5 Å². The first-order chi connectivity index (χ1) is 20.2. The van der Waals surface area contributed by atoms with Gasteiger partial charge in [0.2, 0.25) is 16.6 Å². The number of rotatable bonds is 6. The second-order valence-electron chi connectivity index (χ2n) is 11.6. The zero-order valence-corrected chi connectivity index (χ0v) is 25.4. The number of hydrogen-bond acceptors (Lipinski definition) is 7. The first kappa shape index (κ1) is 28.7. The third kappa shape index (κ3) is 5.53. The number of hydrogen-bond donors (Lipinski definition) is 0. The number of carbonyl (C=O) groups is 1.